The number of hydrogen-bond acceptors (Lipinski definition) is 16. The van der Waals surface area contributed by atoms with Gasteiger partial charge in [0.1, 0.15) is 61.0 Å². The third-order valence-corrected chi connectivity index (χ3v) is 7.15. The highest BCUT2D eigenvalue weighted by Gasteiger charge is 2.53. The Balaban J connectivity index is 1.84. The van der Waals surface area contributed by atoms with Gasteiger partial charge in [0.25, 0.3) is 0 Å². The average Bonchev–Trinajstić information content (AvgIpc) is 3.16. The maximum atomic E-state index is 12.4. The summed E-state index contributed by atoms with van der Waals surface area (Å²) in [6.07, 6.45) is -16.9. The molecule has 3 aliphatic rings. The molecule has 16 N–H and O–H groups in total. The zero-order chi connectivity index (χ0) is 28.3. The van der Waals surface area contributed by atoms with Crippen molar-refractivity contribution in [1.29, 1.82) is 0 Å². The molecule has 1 amide bonds. The van der Waals surface area contributed by atoms with Gasteiger partial charge in [-0.25, -0.2) is 0 Å². The summed E-state index contributed by atoms with van der Waals surface area (Å²) < 4.78 is 22.7. The maximum absolute atomic E-state index is 12.4. The van der Waals surface area contributed by atoms with Crippen LogP contribution in [-0.2, 0) is 23.7 Å². The van der Waals surface area contributed by atoms with E-state index in [0.29, 0.717) is 0 Å². The number of ether oxygens (including phenoxy) is 4. The van der Waals surface area contributed by atoms with E-state index in [2.05, 4.69) is 5.32 Å². The molecule has 15 atom stereocenters. The topological polar surface area (TPSA) is 312 Å². The molecule has 17 nitrogen and oxygen atoms in total. The molecule has 38 heavy (non-hydrogen) atoms. The summed E-state index contributed by atoms with van der Waals surface area (Å²) in [4.78, 5) is 12.4. The zero-order valence-electron chi connectivity index (χ0n) is 20.7. The highest BCUT2D eigenvalue weighted by molar-refractivity contribution is 5.80. The second-order valence-electron chi connectivity index (χ2n) is 9.84. The smallest absolute Gasteiger partial charge is 0.249 e. The standard InChI is InChI=1S/C21H41N5O12/c22-2-1-8(28)19(34)26-7-3-6(24)17(37-20-11(25)15(32)13(30)9(4-23)35-20)18(12(7)29)38-21-16(33)14(31)10(5-27)36-21/h6-18,20-21,27-33H,1-5,22-25H2,(H,26,34)/t6-,7+,8?,9-,10-,11-,12-,13-,14+,15-,16-,17+,18+,20-,21+/m1/s1. The number of carbonyl (C=O) groups is 1. The number of aliphatic hydroxyl groups excluding tert-OH is 7. The second-order valence-corrected chi connectivity index (χ2v) is 9.84. The predicted molar refractivity (Wildman–Crippen MR) is 125 cm³/mol. The SMILES string of the molecule is NCCC(O)C(=O)N[C@H]1C[C@@H](N)[C@H](O[C@H]2O[C@H](CN)[C@@H](O)[C@H](O)[C@H]2N)[C@@H](O[C@@H]2O[C@H](CO)[C@H](O)[C@H]2O)[C@@H]1O. The summed E-state index contributed by atoms with van der Waals surface area (Å²) >= 11 is 0. The number of rotatable bonds is 10. The van der Waals surface area contributed by atoms with Gasteiger partial charge < -0.3 is 82.9 Å². The minimum absolute atomic E-state index is 0.0255. The Bertz CT molecular complexity index is 770. The minimum Gasteiger partial charge on any atom is -0.394 e. The van der Waals surface area contributed by atoms with Gasteiger partial charge in [-0.05, 0) is 19.4 Å². The van der Waals surface area contributed by atoms with Gasteiger partial charge in [0.15, 0.2) is 12.6 Å². The van der Waals surface area contributed by atoms with Crippen LogP contribution in [-0.4, -0.2) is 153 Å². The molecule has 17 heteroatoms. The quantitative estimate of drug-likeness (QED) is 0.119. The molecule has 1 unspecified atom stereocenters. The minimum atomic E-state index is -1.62. The summed E-state index contributed by atoms with van der Waals surface area (Å²) in [5.41, 5.74) is 23.3. The number of nitrogens with two attached hydrogens (primary N) is 4. The first kappa shape index (κ1) is 31.4. The Morgan fingerprint density at radius 3 is 2.08 bits per heavy atom. The fraction of sp³-hybridized carbons (Fsp3) is 0.952. The van der Waals surface area contributed by atoms with Crippen LogP contribution in [0.4, 0.5) is 0 Å². The van der Waals surface area contributed by atoms with E-state index in [1.165, 1.54) is 0 Å². The molecule has 0 aromatic heterocycles. The molecule has 1 aliphatic carbocycles. The van der Waals surface area contributed by atoms with Crippen molar-refractivity contribution in [2.24, 2.45) is 22.9 Å². The van der Waals surface area contributed by atoms with Crippen LogP contribution in [0.25, 0.3) is 0 Å². The van der Waals surface area contributed by atoms with Gasteiger partial charge in [-0.1, -0.05) is 0 Å². The van der Waals surface area contributed by atoms with Gasteiger partial charge in [0.2, 0.25) is 5.91 Å². The molecule has 1 saturated carbocycles. The van der Waals surface area contributed by atoms with E-state index < -0.39 is 104 Å². The van der Waals surface area contributed by atoms with Crippen LogP contribution in [0.1, 0.15) is 12.8 Å². The lowest BCUT2D eigenvalue weighted by Crippen LogP contribution is -2.69. The van der Waals surface area contributed by atoms with E-state index in [-0.39, 0.29) is 25.9 Å². The van der Waals surface area contributed by atoms with Crippen molar-refractivity contribution in [3.8, 4) is 0 Å². The van der Waals surface area contributed by atoms with Gasteiger partial charge in [-0.15, -0.1) is 0 Å². The van der Waals surface area contributed by atoms with E-state index in [4.69, 9.17) is 41.9 Å². The lowest BCUT2D eigenvalue weighted by Gasteiger charge is -2.48. The molecule has 2 aliphatic heterocycles. The zero-order valence-corrected chi connectivity index (χ0v) is 20.7. The molecule has 0 spiro atoms. The first-order chi connectivity index (χ1) is 17.9. The van der Waals surface area contributed by atoms with E-state index in [9.17, 15) is 40.5 Å². The molecule has 0 aromatic rings. The Hall–Kier alpha value is -1.13. The summed E-state index contributed by atoms with van der Waals surface area (Å²) in [5, 5.41) is 74.0. The normalized spacial score (nSPS) is 46.6. The van der Waals surface area contributed by atoms with Crippen LogP contribution in [0.2, 0.25) is 0 Å². The fourth-order valence-corrected chi connectivity index (χ4v) is 4.84. The number of amides is 1. The van der Waals surface area contributed by atoms with Crippen LogP contribution >= 0.6 is 0 Å². The first-order valence-corrected chi connectivity index (χ1v) is 12.5. The molecule has 0 bridgehead atoms. The van der Waals surface area contributed by atoms with Gasteiger partial charge >= 0.3 is 0 Å². The molecule has 2 heterocycles. The Morgan fingerprint density at radius 1 is 0.895 bits per heavy atom. The number of aliphatic hydroxyl groups is 7. The predicted octanol–water partition coefficient (Wildman–Crippen LogP) is -7.79. The maximum Gasteiger partial charge on any atom is 0.249 e. The second kappa shape index (κ2) is 13.5. The Labute approximate surface area is 218 Å². The van der Waals surface area contributed by atoms with Gasteiger partial charge in [-0.2, -0.15) is 0 Å². The summed E-state index contributed by atoms with van der Waals surface area (Å²) in [6.45, 7) is -0.764. The largest absolute Gasteiger partial charge is 0.394 e. The highest BCUT2D eigenvalue weighted by atomic mass is 16.7. The number of nitrogens with one attached hydrogen (secondary N) is 1. The van der Waals surface area contributed by atoms with Crippen molar-refractivity contribution in [1.82, 2.24) is 5.32 Å². The van der Waals surface area contributed by atoms with Crippen molar-refractivity contribution in [3.05, 3.63) is 0 Å². The lowest BCUT2D eigenvalue weighted by molar-refractivity contribution is -0.307. The van der Waals surface area contributed by atoms with E-state index in [1.807, 2.05) is 0 Å². The first-order valence-electron chi connectivity index (χ1n) is 12.5. The van der Waals surface area contributed by atoms with E-state index in [1.54, 1.807) is 0 Å². The van der Waals surface area contributed by atoms with Crippen molar-refractivity contribution in [3.63, 3.8) is 0 Å². The summed E-state index contributed by atoms with van der Waals surface area (Å²) in [6, 6.07) is -3.29. The monoisotopic (exact) mass is 555 g/mol. The Kier molecular flexibility index (Phi) is 11.1. The lowest BCUT2D eigenvalue weighted by atomic mass is 9.83. The molecule has 0 aromatic carbocycles. The summed E-state index contributed by atoms with van der Waals surface area (Å²) in [7, 11) is 0. The third kappa shape index (κ3) is 6.60. The van der Waals surface area contributed by atoms with Gasteiger partial charge in [0, 0.05) is 12.6 Å². The average molecular weight is 556 g/mol. The van der Waals surface area contributed by atoms with Crippen molar-refractivity contribution >= 4 is 5.91 Å². The third-order valence-electron chi connectivity index (χ3n) is 7.15. The van der Waals surface area contributed by atoms with E-state index >= 15 is 0 Å². The highest BCUT2D eigenvalue weighted by Crippen LogP contribution is 2.32. The van der Waals surface area contributed by atoms with Crippen LogP contribution in [0.15, 0.2) is 0 Å². The number of hydrogen-bond donors (Lipinski definition) is 12. The van der Waals surface area contributed by atoms with Crippen LogP contribution in [0, 0.1) is 0 Å². The van der Waals surface area contributed by atoms with Crippen molar-refractivity contribution in [2.75, 3.05) is 19.7 Å². The fourth-order valence-electron chi connectivity index (χ4n) is 4.84. The van der Waals surface area contributed by atoms with Gasteiger partial charge in [0.05, 0.1) is 18.7 Å². The molecular formula is C21H41N5O12. The molecule has 0 radical (unpaired) electrons. The van der Waals surface area contributed by atoms with Gasteiger partial charge in [-0.3, -0.25) is 4.79 Å². The molecule has 2 saturated heterocycles. The van der Waals surface area contributed by atoms with E-state index in [0.717, 1.165) is 0 Å². The van der Waals surface area contributed by atoms with Crippen LogP contribution in [0.5, 0.6) is 0 Å². The number of carbonyl (C=O) groups excluding carboxylic acids is 1. The molecular weight excluding hydrogens is 514 g/mol. The molecule has 3 rings (SSSR count). The van der Waals surface area contributed by atoms with Crippen LogP contribution < -0.4 is 28.3 Å². The van der Waals surface area contributed by atoms with Crippen molar-refractivity contribution < 1.29 is 59.5 Å². The molecule has 3 fully saturated rings. The molecule has 222 valence electrons. The Morgan fingerprint density at radius 2 is 1.50 bits per heavy atom. The summed E-state index contributed by atoms with van der Waals surface area (Å²) in [5.74, 6) is -0.807. The van der Waals surface area contributed by atoms with Crippen molar-refractivity contribution in [2.45, 2.75) is 105 Å². The van der Waals surface area contributed by atoms with Crippen LogP contribution in [0.3, 0.4) is 0 Å².